The van der Waals surface area contributed by atoms with Gasteiger partial charge in [0.1, 0.15) is 18.0 Å². The Morgan fingerprint density at radius 3 is 2.61 bits per heavy atom. The van der Waals surface area contributed by atoms with Crippen LogP contribution in [0, 0.1) is 5.92 Å². The molecule has 3 aliphatic rings. The molecule has 1 aliphatic carbocycles. The zero-order chi connectivity index (χ0) is 21.8. The molecule has 0 aromatic carbocycles. The molecule has 0 unspecified atom stereocenters. The highest BCUT2D eigenvalue weighted by atomic mass is 19.4. The van der Waals surface area contributed by atoms with Gasteiger partial charge >= 0.3 is 6.18 Å². The van der Waals surface area contributed by atoms with Crippen molar-refractivity contribution in [2.75, 3.05) is 44.2 Å². The first-order chi connectivity index (χ1) is 14.9. The van der Waals surface area contributed by atoms with Crippen molar-refractivity contribution in [3.8, 4) is 5.75 Å². The number of hydrogen-bond acceptors (Lipinski definition) is 5. The smallest absolute Gasteiger partial charge is 0.397 e. The van der Waals surface area contributed by atoms with Crippen LogP contribution in [0.1, 0.15) is 44.1 Å². The Morgan fingerprint density at radius 2 is 1.90 bits per heavy atom. The molecule has 0 bridgehead atoms. The van der Waals surface area contributed by atoms with E-state index in [0.717, 1.165) is 89.4 Å². The molecule has 1 aromatic rings. The van der Waals surface area contributed by atoms with Crippen molar-refractivity contribution in [1.82, 2.24) is 15.2 Å². The molecule has 6 nitrogen and oxygen atoms in total. The molecule has 1 amide bonds. The topological polar surface area (TPSA) is 57.7 Å². The number of hydrogen-bond donors (Lipinski definition) is 1. The fourth-order valence-electron chi connectivity index (χ4n) is 4.97. The summed E-state index contributed by atoms with van der Waals surface area (Å²) >= 11 is 0. The fourth-order valence-corrected chi connectivity index (χ4v) is 4.97. The summed E-state index contributed by atoms with van der Waals surface area (Å²) in [4.78, 5) is 20.9. The number of nitrogens with one attached hydrogen (secondary N) is 1. The van der Waals surface area contributed by atoms with Crippen LogP contribution in [0.25, 0.3) is 0 Å². The minimum absolute atomic E-state index is 0.112. The molecule has 1 aromatic heterocycles. The first kappa shape index (κ1) is 22.2. The van der Waals surface area contributed by atoms with Crippen molar-refractivity contribution in [3.63, 3.8) is 0 Å². The monoisotopic (exact) mass is 440 g/mol. The van der Waals surface area contributed by atoms with Crippen LogP contribution in [0.2, 0.25) is 0 Å². The Morgan fingerprint density at radius 1 is 1.16 bits per heavy atom. The highest BCUT2D eigenvalue weighted by molar-refractivity contribution is 5.76. The second-order valence-corrected chi connectivity index (χ2v) is 8.90. The minimum Gasteiger partial charge on any atom is -0.493 e. The molecular formula is C22H31F3N4O2. The highest BCUT2D eigenvalue weighted by Gasteiger charge is 2.33. The third-order valence-corrected chi connectivity index (χ3v) is 6.70. The van der Waals surface area contributed by atoms with Crippen molar-refractivity contribution < 1.29 is 22.7 Å². The standard InChI is InChI=1S/C22H31F3N4O2/c23-22(24,25)15-20(30)27-17-3-1-16(2-4-17)6-9-28-10-12-29(13-11-28)21-18-7-14-31-19(18)5-8-26-21/h5,8,16-17H,1-4,6-7,9-15H2,(H,27,30)/t16-,17-. The van der Waals surface area contributed by atoms with Gasteiger partial charge in [-0.3, -0.25) is 9.69 Å². The van der Waals surface area contributed by atoms with Gasteiger partial charge in [-0.2, -0.15) is 13.2 Å². The third kappa shape index (κ3) is 6.02. The van der Waals surface area contributed by atoms with Gasteiger partial charge in [0.25, 0.3) is 0 Å². The first-order valence-corrected chi connectivity index (χ1v) is 11.3. The predicted molar refractivity (Wildman–Crippen MR) is 111 cm³/mol. The van der Waals surface area contributed by atoms with Crippen molar-refractivity contribution >= 4 is 11.7 Å². The van der Waals surface area contributed by atoms with E-state index in [4.69, 9.17) is 4.74 Å². The molecular weight excluding hydrogens is 409 g/mol. The van der Waals surface area contributed by atoms with Crippen LogP contribution in [0.3, 0.4) is 0 Å². The molecule has 0 spiro atoms. The second-order valence-electron chi connectivity index (χ2n) is 8.90. The van der Waals surface area contributed by atoms with E-state index in [1.54, 1.807) is 0 Å². The maximum atomic E-state index is 12.3. The van der Waals surface area contributed by atoms with Crippen molar-refractivity contribution in [2.24, 2.45) is 5.92 Å². The van der Waals surface area contributed by atoms with E-state index in [0.29, 0.717) is 5.92 Å². The number of ether oxygens (including phenoxy) is 1. The van der Waals surface area contributed by atoms with Crippen molar-refractivity contribution in [2.45, 2.75) is 57.2 Å². The lowest BCUT2D eigenvalue weighted by Gasteiger charge is -2.37. The van der Waals surface area contributed by atoms with Gasteiger partial charge in [0.05, 0.1) is 6.61 Å². The van der Waals surface area contributed by atoms with Crippen LogP contribution in [0.15, 0.2) is 12.3 Å². The van der Waals surface area contributed by atoms with Gasteiger partial charge in [0, 0.05) is 50.4 Å². The number of carbonyl (C=O) groups excluding carboxylic acids is 1. The van der Waals surface area contributed by atoms with E-state index in [9.17, 15) is 18.0 Å². The first-order valence-electron chi connectivity index (χ1n) is 11.3. The van der Waals surface area contributed by atoms with Gasteiger partial charge in [0.15, 0.2) is 0 Å². The Labute approximate surface area is 181 Å². The van der Waals surface area contributed by atoms with Gasteiger partial charge in [-0.1, -0.05) is 0 Å². The SMILES string of the molecule is O=C(CC(F)(F)F)N[C@H]1CC[C@H](CCN2CCN(c3nccc4c3CCO4)CC2)CC1. The molecule has 3 heterocycles. The van der Waals surface area contributed by atoms with E-state index < -0.39 is 18.5 Å². The lowest BCUT2D eigenvalue weighted by atomic mass is 9.84. The molecule has 1 N–H and O–H groups in total. The number of alkyl halides is 3. The molecule has 9 heteroatoms. The number of fused-ring (bicyclic) bond motifs is 1. The lowest BCUT2D eigenvalue weighted by Crippen LogP contribution is -2.47. The van der Waals surface area contributed by atoms with Crippen LogP contribution in [-0.2, 0) is 11.2 Å². The van der Waals surface area contributed by atoms with Crippen molar-refractivity contribution in [3.05, 3.63) is 17.8 Å². The normalized spacial score (nSPS) is 24.5. The number of carbonyl (C=O) groups is 1. The van der Waals surface area contributed by atoms with Gasteiger partial charge in [-0.25, -0.2) is 4.98 Å². The number of nitrogens with zero attached hydrogens (tertiary/aromatic N) is 3. The van der Waals surface area contributed by atoms with Gasteiger partial charge < -0.3 is 15.0 Å². The number of halogens is 3. The van der Waals surface area contributed by atoms with E-state index in [-0.39, 0.29) is 6.04 Å². The zero-order valence-electron chi connectivity index (χ0n) is 17.8. The Bertz CT molecular complexity index is 758. The minimum atomic E-state index is -4.43. The summed E-state index contributed by atoms with van der Waals surface area (Å²) in [6.45, 7) is 5.72. The van der Waals surface area contributed by atoms with E-state index in [1.807, 2.05) is 12.3 Å². The zero-order valence-corrected chi connectivity index (χ0v) is 17.8. The Hall–Kier alpha value is -2.03. The number of amides is 1. The third-order valence-electron chi connectivity index (χ3n) is 6.70. The largest absolute Gasteiger partial charge is 0.493 e. The van der Waals surface area contributed by atoms with Crippen LogP contribution in [0.5, 0.6) is 5.75 Å². The molecule has 172 valence electrons. The van der Waals surface area contributed by atoms with Gasteiger partial charge in [0.2, 0.25) is 5.91 Å². The molecule has 0 radical (unpaired) electrons. The average Bonchev–Trinajstić information content (AvgIpc) is 3.21. The molecule has 1 saturated heterocycles. The number of anilines is 1. The summed E-state index contributed by atoms with van der Waals surface area (Å²) in [5.41, 5.74) is 1.23. The lowest BCUT2D eigenvalue weighted by molar-refractivity contribution is -0.154. The van der Waals surface area contributed by atoms with Crippen LogP contribution >= 0.6 is 0 Å². The quantitative estimate of drug-likeness (QED) is 0.737. The van der Waals surface area contributed by atoms with Gasteiger partial charge in [-0.15, -0.1) is 0 Å². The Kier molecular flexibility index (Phi) is 6.89. The van der Waals surface area contributed by atoms with Crippen LogP contribution < -0.4 is 15.0 Å². The number of aromatic nitrogens is 1. The summed E-state index contributed by atoms with van der Waals surface area (Å²) in [6, 6.07) is 1.83. The predicted octanol–water partition coefficient (Wildman–Crippen LogP) is 3.16. The maximum Gasteiger partial charge on any atom is 0.397 e. The number of piperazine rings is 1. The molecule has 2 aliphatic heterocycles. The van der Waals surface area contributed by atoms with E-state index >= 15 is 0 Å². The molecule has 31 heavy (non-hydrogen) atoms. The van der Waals surface area contributed by atoms with Crippen LogP contribution in [0.4, 0.5) is 19.0 Å². The van der Waals surface area contributed by atoms with Crippen molar-refractivity contribution in [1.29, 1.82) is 0 Å². The Balaban J connectivity index is 1.15. The molecule has 1 saturated carbocycles. The summed E-state index contributed by atoms with van der Waals surface area (Å²) in [6.07, 6.45) is 1.53. The highest BCUT2D eigenvalue weighted by Crippen LogP contribution is 2.32. The maximum absolute atomic E-state index is 12.3. The summed E-state index contributed by atoms with van der Waals surface area (Å²) in [5.74, 6) is 1.72. The average molecular weight is 441 g/mol. The van der Waals surface area contributed by atoms with E-state index in [1.165, 1.54) is 5.56 Å². The molecule has 4 rings (SSSR count). The summed E-state index contributed by atoms with van der Waals surface area (Å²) < 4.78 is 42.6. The number of rotatable bonds is 6. The summed E-state index contributed by atoms with van der Waals surface area (Å²) in [5, 5.41) is 2.55. The molecule has 0 atom stereocenters. The fraction of sp³-hybridized carbons (Fsp3) is 0.727. The molecule has 2 fully saturated rings. The summed E-state index contributed by atoms with van der Waals surface area (Å²) in [7, 11) is 0. The van der Waals surface area contributed by atoms with Crippen LogP contribution in [-0.4, -0.2) is 67.3 Å². The number of pyridine rings is 1. The van der Waals surface area contributed by atoms with Gasteiger partial charge in [-0.05, 0) is 50.6 Å². The van der Waals surface area contributed by atoms with E-state index in [2.05, 4.69) is 20.1 Å². The second kappa shape index (κ2) is 9.63.